The summed E-state index contributed by atoms with van der Waals surface area (Å²) in [6, 6.07) is 11.7. The van der Waals surface area contributed by atoms with E-state index in [0.717, 1.165) is 47.4 Å². The Balaban J connectivity index is 1.25. The SMILES string of the molecule is Cn1cc(/C=C/c2[nH]nc3c(F)cc(-c4ccc(CN5CCN(C(=O)OC(C)(C)C)CC5)cc4)cc23)cn1. The van der Waals surface area contributed by atoms with Crippen molar-refractivity contribution in [2.24, 2.45) is 7.05 Å². The normalized spacial score (nSPS) is 15.0. The standard InChI is InChI=1S/C29H33FN6O2/c1-29(2,3)38-28(37)36-13-11-35(12-14-36)19-20-5-8-22(9-6-20)23-15-24-26(32-33-27(24)25(30)16-23)10-7-21-17-31-34(4)18-21/h5-10,15-18H,11-14,19H2,1-4H3,(H,32,33)/b10-7+. The van der Waals surface area contributed by atoms with E-state index in [0.29, 0.717) is 18.6 Å². The van der Waals surface area contributed by atoms with Crippen LogP contribution in [0.4, 0.5) is 9.18 Å². The van der Waals surface area contributed by atoms with Crippen molar-refractivity contribution < 1.29 is 13.9 Å². The first-order chi connectivity index (χ1) is 18.1. The van der Waals surface area contributed by atoms with Gasteiger partial charge in [0.25, 0.3) is 0 Å². The van der Waals surface area contributed by atoms with E-state index in [4.69, 9.17) is 4.74 Å². The lowest BCUT2D eigenvalue weighted by atomic mass is 10.0. The van der Waals surface area contributed by atoms with Gasteiger partial charge in [0.05, 0.1) is 11.9 Å². The van der Waals surface area contributed by atoms with Gasteiger partial charge in [0.2, 0.25) is 0 Å². The topological polar surface area (TPSA) is 79.3 Å². The predicted molar refractivity (Wildman–Crippen MR) is 147 cm³/mol. The van der Waals surface area contributed by atoms with Crippen LogP contribution in [0.15, 0.2) is 48.8 Å². The van der Waals surface area contributed by atoms with Crippen molar-refractivity contribution in [2.45, 2.75) is 32.9 Å². The number of piperazine rings is 1. The number of rotatable bonds is 5. The molecular weight excluding hydrogens is 483 g/mol. The van der Waals surface area contributed by atoms with Gasteiger partial charge in [-0.2, -0.15) is 10.2 Å². The number of aryl methyl sites for hydroxylation is 1. The van der Waals surface area contributed by atoms with Gasteiger partial charge in [-0.15, -0.1) is 0 Å². The zero-order chi connectivity index (χ0) is 26.9. The fraction of sp³-hybridized carbons (Fsp3) is 0.345. The molecule has 2 aromatic heterocycles. The van der Waals surface area contributed by atoms with Gasteiger partial charge >= 0.3 is 6.09 Å². The molecule has 0 radical (unpaired) electrons. The van der Waals surface area contributed by atoms with E-state index < -0.39 is 5.60 Å². The van der Waals surface area contributed by atoms with Crippen LogP contribution in [-0.4, -0.2) is 67.7 Å². The van der Waals surface area contributed by atoms with Crippen molar-refractivity contribution >= 4 is 29.1 Å². The molecule has 198 valence electrons. The highest BCUT2D eigenvalue weighted by molar-refractivity contribution is 5.92. The summed E-state index contributed by atoms with van der Waals surface area (Å²) in [4.78, 5) is 16.4. The third-order valence-corrected chi connectivity index (χ3v) is 6.53. The number of carbonyl (C=O) groups is 1. The molecule has 8 nitrogen and oxygen atoms in total. The molecule has 1 saturated heterocycles. The number of aromatic nitrogens is 4. The molecular formula is C29H33FN6O2. The first-order valence-electron chi connectivity index (χ1n) is 12.8. The maximum Gasteiger partial charge on any atom is 0.410 e. The fourth-order valence-electron chi connectivity index (χ4n) is 4.57. The number of ether oxygens (including phenoxy) is 1. The molecule has 0 aliphatic carbocycles. The molecule has 2 aromatic carbocycles. The number of amides is 1. The van der Waals surface area contributed by atoms with Crippen molar-refractivity contribution in [1.82, 2.24) is 29.8 Å². The quantitative estimate of drug-likeness (QED) is 0.388. The highest BCUT2D eigenvalue weighted by Gasteiger charge is 2.25. The summed E-state index contributed by atoms with van der Waals surface area (Å²) >= 11 is 0. The Morgan fingerprint density at radius 1 is 1.08 bits per heavy atom. The van der Waals surface area contributed by atoms with E-state index in [9.17, 15) is 9.18 Å². The van der Waals surface area contributed by atoms with Crippen molar-refractivity contribution in [3.05, 3.63) is 71.4 Å². The number of hydrogen-bond donors (Lipinski definition) is 1. The highest BCUT2D eigenvalue weighted by Crippen LogP contribution is 2.29. The number of nitrogens with one attached hydrogen (secondary N) is 1. The summed E-state index contributed by atoms with van der Waals surface area (Å²) in [7, 11) is 1.86. The first kappa shape index (κ1) is 25.7. The maximum atomic E-state index is 14.9. The number of fused-ring (bicyclic) bond motifs is 1. The zero-order valence-electron chi connectivity index (χ0n) is 22.2. The second kappa shape index (κ2) is 10.4. The molecule has 4 aromatic rings. The average molecular weight is 517 g/mol. The third kappa shape index (κ3) is 5.94. The van der Waals surface area contributed by atoms with Crippen LogP contribution in [0.3, 0.4) is 0 Å². The van der Waals surface area contributed by atoms with Crippen molar-refractivity contribution in [3.8, 4) is 11.1 Å². The lowest BCUT2D eigenvalue weighted by Gasteiger charge is -2.35. The van der Waals surface area contributed by atoms with Crippen LogP contribution in [-0.2, 0) is 18.3 Å². The minimum absolute atomic E-state index is 0.251. The summed E-state index contributed by atoms with van der Waals surface area (Å²) < 4.78 is 22.1. The molecule has 1 fully saturated rings. The molecule has 1 aliphatic heterocycles. The van der Waals surface area contributed by atoms with Gasteiger partial charge in [-0.1, -0.05) is 24.3 Å². The van der Waals surface area contributed by atoms with E-state index in [-0.39, 0.29) is 11.9 Å². The largest absolute Gasteiger partial charge is 0.444 e. The van der Waals surface area contributed by atoms with Crippen molar-refractivity contribution in [1.29, 1.82) is 0 Å². The molecule has 1 aliphatic rings. The Labute approximate surface area is 221 Å². The van der Waals surface area contributed by atoms with Gasteiger partial charge in [-0.3, -0.25) is 14.7 Å². The Kier molecular flexibility index (Phi) is 7.03. The van der Waals surface area contributed by atoms with E-state index in [1.54, 1.807) is 15.8 Å². The van der Waals surface area contributed by atoms with Gasteiger partial charge in [0.15, 0.2) is 5.82 Å². The number of aromatic amines is 1. The number of halogens is 1. The Bertz CT molecular complexity index is 1460. The summed E-state index contributed by atoms with van der Waals surface area (Å²) in [5.74, 6) is -0.360. The molecule has 0 spiro atoms. The van der Waals surface area contributed by atoms with Crippen LogP contribution in [0.2, 0.25) is 0 Å². The molecule has 5 rings (SSSR count). The van der Waals surface area contributed by atoms with E-state index >= 15 is 0 Å². The van der Waals surface area contributed by atoms with Crippen LogP contribution in [0, 0.1) is 5.82 Å². The fourth-order valence-corrected chi connectivity index (χ4v) is 4.57. The summed E-state index contributed by atoms with van der Waals surface area (Å²) in [5, 5.41) is 12.0. The van der Waals surface area contributed by atoms with Gasteiger partial charge in [0, 0.05) is 56.9 Å². The zero-order valence-corrected chi connectivity index (χ0v) is 22.2. The molecule has 0 unspecified atom stereocenters. The third-order valence-electron chi connectivity index (χ3n) is 6.53. The average Bonchev–Trinajstić information content (AvgIpc) is 3.48. The molecule has 3 heterocycles. The Hall–Kier alpha value is -3.98. The molecule has 0 atom stereocenters. The van der Waals surface area contributed by atoms with E-state index in [2.05, 4.69) is 32.3 Å². The molecule has 9 heteroatoms. The van der Waals surface area contributed by atoms with Crippen LogP contribution >= 0.6 is 0 Å². The van der Waals surface area contributed by atoms with Crippen LogP contribution in [0.1, 0.15) is 37.6 Å². The number of H-pyrrole nitrogens is 1. The van der Waals surface area contributed by atoms with Gasteiger partial charge in [-0.25, -0.2) is 9.18 Å². The highest BCUT2D eigenvalue weighted by atomic mass is 19.1. The molecule has 1 N–H and O–H groups in total. The van der Waals surface area contributed by atoms with E-state index in [1.165, 1.54) is 11.6 Å². The number of nitrogens with zero attached hydrogens (tertiary/aromatic N) is 5. The van der Waals surface area contributed by atoms with Crippen LogP contribution in [0.25, 0.3) is 34.2 Å². The van der Waals surface area contributed by atoms with Crippen LogP contribution < -0.4 is 0 Å². The summed E-state index contributed by atoms with van der Waals surface area (Å²) in [6.45, 7) is 9.31. The van der Waals surface area contributed by atoms with Gasteiger partial charge < -0.3 is 9.64 Å². The lowest BCUT2D eigenvalue weighted by molar-refractivity contribution is 0.0139. The predicted octanol–water partition coefficient (Wildman–Crippen LogP) is 5.33. The lowest BCUT2D eigenvalue weighted by Crippen LogP contribution is -2.49. The smallest absolute Gasteiger partial charge is 0.410 e. The minimum atomic E-state index is -0.487. The molecule has 38 heavy (non-hydrogen) atoms. The molecule has 1 amide bonds. The number of benzene rings is 2. The Morgan fingerprint density at radius 2 is 1.82 bits per heavy atom. The Morgan fingerprint density at radius 3 is 2.47 bits per heavy atom. The van der Waals surface area contributed by atoms with Crippen LogP contribution in [0.5, 0.6) is 0 Å². The monoisotopic (exact) mass is 516 g/mol. The maximum absolute atomic E-state index is 14.9. The van der Waals surface area contributed by atoms with Gasteiger partial charge in [0.1, 0.15) is 11.1 Å². The van der Waals surface area contributed by atoms with E-state index in [1.807, 2.05) is 64.4 Å². The second-order valence-electron chi connectivity index (χ2n) is 10.7. The molecule has 0 bridgehead atoms. The number of carbonyl (C=O) groups excluding carboxylic acids is 1. The first-order valence-corrected chi connectivity index (χ1v) is 12.8. The second-order valence-corrected chi connectivity index (χ2v) is 10.7. The van der Waals surface area contributed by atoms with Gasteiger partial charge in [-0.05, 0) is 61.7 Å². The van der Waals surface area contributed by atoms with Crippen molar-refractivity contribution in [2.75, 3.05) is 26.2 Å². The number of hydrogen-bond acceptors (Lipinski definition) is 5. The molecule has 0 saturated carbocycles. The summed E-state index contributed by atoms with van der Waals surface area (Å²) in [5.41, 5.74) is 4.43. The summed E-state index contributed by atoms with van der Waals surface area (Å²) in [6.07, 6.45) is 7.24. The van der Waals surface area contributed by atoms with Crippen molar-refractivity contribution in [3.63, 3.8) is 0 Å². The minimum Gasteiger partial charge on any atom is -0.444 e.